The molecule has 0 amide bonds. The summed E-state index contributed by atoms with van der Waals surface area (Å²) in [6.07, 6.45) is 2.39. The number of rotatable bonds is 5. The molecule has 3 rings (SSSR count). The number of nitrogens with zero attached hydrogens (tertiary/aromatic N) is 1. The van der Waals surface area contributed by atoms with Crippen molar-refractivity contribution in [2.45, 2.75) is 43.9 Å². The average Bonchev–Trinajstić information content (AvgIpc) is 2.65. The van der Waals surface area contributed by atoms with Gasteiger partial charge in [0, 0.05) is 12.2 Å². The Bertz CT molecular complexity index is 710. The van der Waals surface area contributed by atoms with Crippen LogP contribution in [0.5, 0.6) is 0 Å². The van der Waals surface area contributed by atoms with Gasteiger partial charge in [-0.05, 0) is 42.8 Å². The molecule has 0 saturated heterocycles. The van der Waals surface area contributed by atoms with Gasteiger partial charge in [0.05, 0.1) is 12.6 Å². The molecule has 0 radical (unpaired) electrons. The van der Waals surface area contributed by atoms with E-state index in [0.717, 1.165) is 24.1 Å². The second-order valence-electron chi connectivity index (χ2n) is 7.00. The Kier molecular flexibility index (Phi) is 6.25. The van der Waals surface area contributed by atoms with Crippen molar-refractivity contribution in [3.8, 4) is 0 Å². The van der Waals surface area contributed by atoms with Crippen LogP contribution in [0.15, 0.2) is 60.7 Å². The lowest BCUT2D eigenvalue weighted by molar-refractivity contribution is -0.108. The van der Waals surface area contributed by atoms with Crippen molar-refractivity contribution < 1.29 is 10.2 Å². The van der Waals surface area contributed by atoms with E-state index >= 15 is 0 Å². The fraction of sp³-hybridized carbons (Fsp3) is 0.381. The lowest BCUT2D eigenvalue weighted by Gasteiger charge is -2.41. The predicted molar refractivity (Wildman–Crippen MR) is 109 cm³/mol. The highest BCUT2D eigenvalue weighted by Gasteiger charge is 2.39. The monoisotopic (exact) mass is 370 g/mol. The maximum atomic E-state index is 11.0. The standard InChI is InChI=1S/C21H26N2O2S/c24-19-13-7-8-14-21(19,25)16-23(15-17-9-3-1-4-10-17)20(26)22-18-11-5-2-6-12-18/h1-6,9-12,19,24-25H,7-8,13-16H2,(H,22,26)/t19-,21+/m0/s1. The molecule has 1 aliphatic rings. The first-order valence-electron chi connectivity index (χ1n) is 9.12. The number of benzene rings is 2. The average molecular weight is 371 g/mol. The van der Waals surface area contributed by atoms with E-state index in [1.165, 1.54) is 0 Å². The van der Waals surface area contributed by atoms with Gasteiger partial charge in [-0.1, -0.05) is 61.4 Å². The molecule has 0 unspecified atom stereocenters. The first kappa shape index (κ1) is 18.8. The van der Waals surface area contributed by atoms with Crippen LogP contribution in [-0.2, 0) is 6.54 Å². The summed E-state index contributed by atoms with van der Waals surface area (Å²) >= 11 is 5.64. The molecular formula is C21H26N2O2S. The van der Waals surface area contributed by atoms with Gasteiger partial charge in [-0.15, -0.1) is 0 Å². The highest BCUT2D eigenvalue weighted by molar-refractivity contribution is 7.80. The number of hydrogen-bond acceptors (Lipinski definition) is 3. The molecule has 0 aromatic heterocycles. The largest absolute Gasteiger partial charge is 0.390 e. The minimum absolute atomic E-state index is 0.307. The summed E-state index contributed by atoms with van der Waals surface area (Å²) in [7, 11) is 0. The number of anilines is 1. The topological polar surface area (TPSA) is 55.7 Å². The van der Waals surface area contributed by atoms with E-state index in [-0.39, 0.29) is 0 Å². The van der Waals surface area contributed by atoms with E-state index in [1.807, 2.05) is 65.6 Å². The van der Waals surface area contributed by atoms with E-state index in [4.69, 9.17) is 12.2 Å². The van der Waals surface area contributed by atoms with Crippen LogP contribution in [0.2, 0.25) is 0 Å². The smallest absolute Gasteiger partial charge is 0.173 e. The lowest BCUT2D eigenvalue weighted by atomic mass is 9.82. The Morgan fingerprint density at radius 3 is 2.38 bits per heavy atom. The van der Waals surface area contributed by atoms with Gasteiger partial charge in [0.2, 0.25) is 0 Å². The third kappa shape index (κ3) is 4.81. The normalized spacial score (nSPS) is 22.6. The van der Waals surface area contributed by atoms with E-state index in [0.29, 0.717) is 31.0 Å². The van der Waals surface area contributed by atoms with Gasteiger partial charge >= 0.3 is 0 Å². The van der Waals surface area contributed by atoms with Gasteiger partial charge in [-0.2, -0.15) is 0 Å². The number of thiocarbonyl (C=S) groups is 1. The summed E-state index contributed by atoms with van der Waals surface area (Å²) in [6, 6.07) is 19.8. The minimum Gasteiger partial charge on any atom is -0.390 e. The molecule has 2 aromatic carbocycles. The number of hydrogen-bond donors (Lipinski definition) is 3. The molecule has 1 saturated carbocycles. The van der Waals surface area contributed by atoms with Crippen LogP contribution in [0.3, 0.4) is 0 Å². The predicted octanol–water partition coefficient (Wildman–Crippen LogP) is 3.55. The molecule has 26 heavy (non-hydrogen) atoms. The van der Waals surface area contributed by atoms with Gasteiger partial charge in [-0.25, -0.2) is 0 Å². The fourth-order valence-corrected chi connectivity index (χ4v) is 3.69. The summed E-state index contributed by atoms with van der Waals surface area (Å²) < 4.78 is 0. The zero-order chi connectivity index (χ0) is 18.4. The Morgan fingerprint density at radius 2 is 1.73 bits per heavy atom. The van der Waals surface area contributed by atoms with E-state index in [2.05, 4.69) is 5.32 Å². The second kappa shape index (κ2) is 8.62. The number of nitrogens with one attached hydrogen (secondary N) is 1. The quantitative estimate of drug-likeness (QED) is 0.703. The Labute approximate surface area is 160 Å². The minimum atomic E-state index is -1.13. The SMILES string of the molecule is O[C@H]1CCCC[C@@]1(O)CN(Cc1ccccc1)C(=S)Nc1ccccc1. The Balaban J connectivity index is 1.77. The summed E-state index contributed by atoms with van der Waals surface area (Å²) in [5.41, 5.74) is 0.889. The van der Waals surface area contributed by atoms with Crippen LogP contribution in [0.4, 0.5) is 5.69 Å². The molecule has 1 aliphatic carbocycles. The van der Waals surface area contributed by atoms with Crippen molar-refractivity contribution in [2.75, 3.05) is 11.9 Å². The molecule has 1 fully saturated rings. The zero-order valence-electron chi connectivity index (χ0n) is 14.8. The molecule has 0 aliphatic heterocycles. The van der Waals surface area contributed by atoms with Gasteiger partial charge in [0.25, 0.3) is 0 Å². The Morgan fingerprint density at radius 1 is 1.08 bits per heavy atom. The van der Waals surface area contributed by atoms with E-state index in [1.54, 1.807) is 0 Å². The fourth-order valence-electron chi connectivity index (χ4n) is 3.45. The van der Waals surface area contributed by atoms with Crippen LogP contribution < -0.4 is 5.32 Å². The van der Waals surface area contributed by atoms with Crippen LogP contribution >= 0.6 is 12.2 Å². The highest BCUT2D eigenvalue weighted by atomic mass is 32.1. The summed E-state index contributed by atoms with van der Waals surface area (Å²) in [6.45, 7) is 0.885. The number of aliphatic hydroxyl groups is 2. The van der Waals surface area contributed by atoms with Crippen molar-refractivity contribution in [1.29, 1.82) is 0 Å². The van der Waals surface area contributed by atoms with Crippen molar-refractivity contribution in [1.82, 2.24) is 4.90 Å². The second-order valence-corrected chi connectivity index (χ2v) is 7.39. The van der Waals surface area contributed by atoms with Crippen molar-refractivity contribution >= 4 is 23.0 Å². The summed E-state index contributed by atoms with van der Waals surface area (Å²) in [5.74, 6) is 0. The first-order chi connectivity index (χ1) is 12.6. The number of para-hydroxylation sites is 1. The molecule has 3 N–H and O–H groups in total. The highest BCUT2D eigenvalue weighted by Crippen LogP contribution is 2.30. The van der Waals surface area contributed by atoms with E-state index < -0.39 is 11.7 Å². The molecule has 138 valence electrons. The van der Waals surface area contributed by atoms with E-state index in [9.17, 15) is 10.2 Å². The zero-order valence-corrected chi connectivity index (χ0v) is 15.7. The van der Waals surface area contributed by atoms with Gasteiger partial charge in [0.15, 0.2) is 5.11 Å². The summed E-state index contributed by atoms with van der Waals surface area (Å²) in [5, 5.41) is 25.2. The third-order valence-electron chi connectivity index (χ3n) is 4.95. The van der Waals surface area contributed by atoms with Crippen molar-refractivity contribution in [3.63, 3.8) is 0 Å². The number of aliphatic hydroxyl groups excluding tert-OH is 1. The maximum Gasteiger partial charge on any atom is 0.173 e. The molecular weight excluding hydrogens is 344 g/mol. The molecule has 0 spiro atoms. The van der Waals surface area contributed by atoms with Crippen LogP contribution in [0.25, 0.3) is 0 Å². The van der Waals surface area contributed by atoms with Gasteiger partial charge in [-0.3, -0.25) is 0 Å². The van der Waals surface area contributed by atoms with Gasteiger partial charge in [0.1, 0.15) is 5.60 Å². The molecule has 2 atom stereocenters. The third-order valence-corrected chi connectivity index (χ3v) is 5.31. The van der Waals surface area contributed by atoms with Crippen LogP contribution in [0, 0.1) is 0 Å². The van der Waals surface area contributed by atoms with Crippen molar-refractivity contribution in [3.05, 3.63) is 66.2 Å². The van der Waals surface area contributed by atoms with Gasteiger partial charge < -0.3 is 20.4 Å². The lowest BCUT2D eigenvalue weighted by Crippen LogP contribution is -2.54. The maximum absolute atomic E-state index is 11.0. The van der Waals surface area contributed by atoms with Crippen LogP contribution in [0.1, 0.15) is 31.2 Å². The molecule has 0 heterocycles. The molecule has 5 heteroatoms. The molecule has 4 nitrogen and oxygen atoms in total. The van der Waals surface area contributed by atoms with Crippen molar-refractivity contribution in [2.24, 2.45) is 0 Å². The molecule has 2 aromatic rings. The first-order valence-corrected chi connectivity index (χ1v) is 9.53. The summed E-state index contributed by atoms with van der Waals surface area (Å²) in [4.78, 5) is 1.95. The molecule has 0 bridgehead atoms. The Hall–Kier alpha value is -1.95. The van der Waals surface area contributed by atoms with Crippen LogP contribution in [-0.4, -0.2) is 38.5 Å².